The highest BCUT2D eigenvalue weighted by Gasteiger charge is 1.94. The van der Waals surface area contributed by atoms with E-state index < -0.39 is 0 Å². The summed E-state index contributed by atoms with van der Waals surface area (Å²) in [5.41, 5.74) is 1.78. The van der Waals surface area contributed by atoms with Crippen LogP contribution in [0.2, 0.25) is 0 Å². The fourth-order valence-corrected chi connectivity index (χ4v) is 0.971. The van der Waals surface area contributed by atoms with Crippen LogP contribution in [0.4, 0.5) is 4.39 Å². The van der Waals surface area contributed by atoms with Gasteiger partial charge in [-0.1, -0.05) is 18.7 Å². The van der Waals surface area contributed by atoms with Gasteiger partial charge < -0.3 is 5.32 Å². The molecule has 13 heavy (non-hydrogen) atoms. The normalized spacial score (nSPS) is 9.69. The van der Waals surface area contributed by atoms with Gasteiger partial charge in [-0.15, -0.1) is 11.6 Å². The molecule has 0 amide bonds. The molecule has 3 heteroatoms. The molecule has 0 bridgehead atoms. The van der Waals surface area contributed by atoms with E-state index in [-0.39, 0.29) is 5.82 Å². The molecule has 1 aromatic rings. The Morgan fingerprint density at radius 2 is 2.00 bits per heavy atom. The van der Waals surface area contributed by atoms with Gasteiger partial charge in [0.05, 0.1) is 5.88 Å². The van der Waals surface area contributed by atoms with Crippen LogP contribution in [0, 0.1) is 5.82 Å². The molecule has 1 rings (SSSR count). The summed E-state index contributed by atoms with van der Waals surface area (Å²) in [5.74, 6) is 0.168. The molecule has 0 fully saturated rings. The van der Waals surface area contributed by atoms with E-state index in [1.54, 1.807) is 12.1 Å². The molecule has 0 saturated carbocycles. The van der Waals surface area contributed by atoms with E-state index in [0.29, 0.717) is 12.4 Å². The van der Waals surface area contributed by atoms with Crippen LogP contribution in [0.3, 0.4) is 0 Å². The summed E-state index contributed by atoms with van der Waals surface area (Å²) in [7, 11) is 0. The molecule has 0 radical (unpaired) electrons. The highest BCUT2D eigenvalue weighted by molar-refractivity contribution is 6.19. The lowest BCUT2D eigenvalue weighted by molar-refractivity contribution is 0.626. The summed E-state index contributed by atoms with van der Waals surface area (Å²) >= 11 is 5.52. The molecule has 0 spiro atoms. The molecule has 0 aliphatic heterocycles. The Hall–Kier alpha value is -1.02. The van der Waals surface area contributed by atoms with E-state index in [1.165, 1.54) is 12.1 Å². The molecule has 0 unspecified atom stereocenters. The van der Waals surface area contributed by atoms with Crippen LogP contribution in [0.5, 0.6) is 0 Å². The molecule has 0 atom stereocenters. The monoisotopic (exact) mass is 199 g/mol. The first-order chi connectivity index (χ1) is 6.22. The van der Waals surface area contributed by atoms with Gasteiger partial charge in [0.2, 0.25) is 0 Å². The summed E-state index contributed by atoms with van der Waals surface area (Å²) in [4.78, 5) is 0. The third kappa shape index (κ3) is 3.47. The molecule has 70 valence electrons. The maximum Gasteiger partial charge on any atom is 0.123 e. The predicted molar refractivity (Wildman–Crippen MR) is 53.1 cm³/mol. The second-order valence-corrected chi connectivity index (χ2v) is 2.98. The lowest BCUT2D eigenvalue weighted by Gasteiger charge is -2.05. The smallest absolute Gasteiger partial charge is 0.123 e. The Kier molecular flexibility index (Phi) is 3.77. The SMILES string of the molecule is C=C(CCl)NCc1ccc(F)cc1. The van der Waals surface area contributed by atoms with Gasteiger partial charge in [0.1, 0.15) is 5.82 Å². The summed E-state index contributed by atoms with van der Waals surface area (Å²) in [5, 5.41) is 3.02. The maximum atomic E-state index is 12.5. The van der Waals surface area contributed by atoms with Crippen molar-refractivity contribution in [3.63, 3.8) is 0 Å². The van der Waals surface area contributed by atoms with Crippen LogP contribution < -0.4 is 5.32 Å². The van der Waals surface area contributed by atoms with Crippen molar-refractivity contribution in [1.29, 1.82) is 0 Å². The third-order valence-corrected chi connectivity index (χ3v) is 1.94. The second-order valence-electron chi connectivity index (χ2n) is 2.72. The van der Waals surface area contributed by atoms with Gasteiger partial charge in [-0.2, -0.15) is 0 Å². The van der Waals surface area contributed by atoms with E-state index in [1.807, 2.05) is 0 Å². The molecule has 0 saturated heterocycles. The van der Waals surface area contributed by atoms with E-state index in [0.717, 1.165) is 11.3 Å². The number of hydrogen-bond donors (Lipinski definition) is 1. The maximum absolute atomic E-state index is 12.5. The van der Waals surface area contributed by atoms with Crippen LogP contribution in [0.15, 0.2) is 36.5 Å². The zero-order valence-corrected chi connectivity index (χ0v) is 7.94. The third-order valence-electron chi connectivity index (χ3n) is 1.62. The van der Waals surface area contributed by atoms with E-state index in [4.69, 9.17) is 11.6 Å². The van der Waals surface area contributed by atoms with Gasteiger partial charge in [0.25, 0.3) is 0 Å². The average molecular weight is 200 g/mol. The number of alkyl halides is 1. The minimum Gasteiger partial charge on any atom is -0.384 e. The quantitative estimate of drug-likeness (QED) is 0.736. The van der Waals surface area contributed by atoms with Gasteiger partial charge >= 0.3 is 0 Å². The zero-order valence-electron chi connectivity index (χ0n) is 7.19. The summed E-state index contributed by atoms with van der Waals surface area (Å²) in [6.45, 7) is 4.32. The minimum absolute atomic E-state index is 0.222. The Balaban J connectivity index is 2.46. The van der Waals surface area contributed by atoms with E-state index in [2.05, 4.69) is 11.9 Å². The molecule has 0 aromatic heterocycles. The number of nitrogens with one attached hydrogen (secondary N) is 1. The van der Waals surface area contributed by atoms with E-state index >= 15 is 0 Å². The Morgan fingerprint density at radius 1 is 1.38 bits per heavy atom. The molecular formula is C10H11ClFN. The molecule has 1 aromatic carbocycles. The number of rotatable bonds is 4. The minimum atomic E-state index is -0.222. The first-order valence-electron chi connectivity index (χ1n) is 3.94. The first kappa shape index (κ1) is 10.1. The summed E-state index contributed by atoms with van der Waals surface area (Å²) in [6.07, 6.45) is 0. The fraction of sp³-hybridized carbons (Fsp3) is 0.200. The number of benzene rings is 1. The van der Waals surface area contributed by atoms with Gasteiger partial charge in [-0.3, -0.25) is 0 Å². The molecule has 0 heterocycles. The van der Waals surface area contributed by atoms with Crippen molar-refractivity contribution in [2.24, 2.45) is 0 Å². The molecular weight excluding hydrogens is 189 g/mol. The van der Waals surface area contributed by atoms with Crippen LogP contribution in [-0.2, 0) is 6.54 Å². The highest BCUT2D eigenvalue weighted by Crippen LogP contribution is 2.02. The summed E-state index contributed by atoms with van der Waals surface area (Å²) < 4.78 is 12.5. The number of allylic oxidation sites excluding steroid dienone is 1. The van der Waals surface area contributed by atoms with Crippen LogP contribution in [-0.4, -0.2) is 5.88 Å². The molecule has 0 aliphatic rings. The second kappa shape index (κ2) is 4.87. The Labute approximate surface area is 82.2 Å². The highest BCUT2D eigenvalue weighted by atomic mass is 35.5. The van der Waals surface area contributed by atoms with Crippen LogP contribution in [0.1, 0.15) is 5.56 Å². The molecule has 1 nitrogen and oxygen atoms in total. The number of halogens is 2. The van der Waals surface area contributed by atoms with Crippen molar-refractivity contribution in [3.05, 3.63) is 47.9 Å². The largest absolute Gasteiger partial charge is 0.384 e. The Morgan fingerprint density at radius 3 is 2.54 bits per heavy atom. The van der Waals surface area contributed by atoms with Crippen molar-refractivity contribution in [2.75, 3.05) is 5.88 Å². The number of hydrogen-bond acceptors (Lipinski definition) is 1. The Bertz CT molecular complexity index is 281. The zero-order chi connectivity index (χ0) is 9.68. The first-order valence-corrected chi connectivity index (χ1v) is 4.48. The predicted octanol–water partition coefficient (Wildman–Crippen LogP) is 2.67. The lowest BCUT2D eigenvalue weighted by atomic mass is 10.2. The van der Waals surface area contributed by atoms with Crippen LogP contribution >= 0.6 is 11.6 Å². The van der Waals surface area contributed by atoms with Crippen molar-refractivity contribution in [2.45, 2.75) is 6.54 Å². The standard InChI is InChI=1S/C10H11ClFN/c1-8(6-11)13-7-9-2-4-10(12)5-3-9/h2-5,13H,1,6-7H2. The van der Waals surface area contributed by atoms with Gasteiger partial charge in [-0.05, 0) is 17.7 Å². The van der Waals surface area contributed by atoms with E-state index in [9.17, 15) is 4.39 Å². The van der Waals surface area contributed by atoms with Crippen molar-refractivity contribution in [1.82, 2.24) is 5.32 Å². The summed E-state index contributed by atoms with van der Waals surface area (Å²) in [6, 6.07) is 6.31. The topological polar surface area (TPSA) is 12.0 Å². The van der Waals surface area contributed by atoms with Gasteiger partial charge in [-0.25, -0.2) is 4.39 Å². The van der Waals surface area contributed by atoms with Gasteiger partial charge in [0.15, 0.2) is 0 Å². The molecule has 0 aliphatic carbocycles. The van der Waals surface area contributed by atoms with Crippen molar-refractivity contribution in [3.8, 4) is 0 Å². The van der Waals surface area contributed by atoms with Gasteiger partial charge in [0, 0.05) is 12.2 Å². The van der Waals surface area contributed by atoms with Crippen LogP contribution in [0.25, 0.3) is 0 Å². The average Bonchev–Trinajstić information content (AvgIpc) is 2.16. The lowest BCUT2D eigenvalue weighted by Crippen LogP contribution is -2.12. The molecule has 1 N–H and O–H groups in total. The van der Waals surface area contributed by atoms with Crippen molar-refractivity contribution >= 4 is 11.6 Å². The fourth-order valence-electron chi connectivity index (χ4n) is 0.877. The van der Waals surface area contributed by atoms with Crippen molar-refractivity contribution < 1.29 is 4.39 Å².